The number of rotatable bonds is 5. The van der Waals surface area contributed by atoms with E-state index in [1.165, 1.54) is 0 Å². The van der Waals surface area contributed by atoms with Crippen molar-refractivity contribution in [2.24, 2.45) is 0 Å². The van der Waals surface area contributed by atoms with E-state index in [2.05, 4.69) is 25.4 Å². The summed E-state index contributed by atoms with van der Waals surface area (Å²) in [5.74, 6) is -0.0474. The second-order valence-corrected chi connectivity index (χ2v) is 3.16. The Morgan fingerprint density at radius 2 is 2.46 bits per heavy atom. The highest BCUT2D eigenvalue weighted by atomic mass is 32.1. The van der Waals surface area contributed by atoms with Gasteiger partial charge in [-0.1, -0.05) is 9.59 Å². The number of carbonyl (C=O) groups is 1. The average molecular weight is 201 g/mol. The van der Waals surface area contributed by atoms with Gasteiger partial charge in [-0.15, -0.1) is 0 Å². The number of hydrogen-bond donors (Lipinski definition) is 2. The molecule has 0 unspecified atom stereocenters. The number of hydrogen-bond acceptors (Lipinski definition) is 6. The Bertz CT molecular complexity index is 250. The number of aromatic nitrogens is 3. The first-order valence-electron chi connectivity index (χ1n) is 3.92. The first-order chi connectivity index (χ1) is 6.33. The minimum atomic E-state index is -0.0474. The molecule has 0 bridgehead atoms. The minimum absolute atomic E-state index is 0.0474. The van der Waals surface area contributed by atoms with E-state index in [9.17, 15) is 4.79 Å². The van der Waals surface area contributed by atoms with Crippen LogP contribution >= 0.6 is 11.5 Å². The fourth-order valence-corrected chi connectivity index (χ4v) is 1.17. The van der Waals surface area contributed by atoms with Gasteiger partial charge in [0.15, 0.2) is 0 Å². The maximum atomic E-state index is 11.2. The van der Waals surface area contributed by atoms with Crippen LogP contribution in [0.15, 0.2) is 0 Å². The van der Waals surface area contributed by atoms with Crippen LogP contribution in [0, 0.1) is 0 Å². The van der Waals surface area contributed by atoms with Crippen molar-refractivity contribution in [2.75, 3.05) is 18.9 Å². The van der Waals surface area contributed by atoms with Crippen molar-refractivity contribution in [1.29, 1.82) is 0 Å². The normalized spacial score (nSPS) is 9.92. The average Bonchev–Trinajstić information content (AvgIpc) is 2.57. The Labute approximate surface area is 79.9 Å². The minimum Gasteiger partial charge on any atom is -0.320 e. The van der Waals surface area contributed by atoms with Gasteiger partial charge in [0.25, 0.3) is 0 Å². The second-order valence-electron chi connectivity index (χ2n) is 2.42. The number of anilines is 1. The molecule has 1 amide bonds. The van der Waals surface area contributed by atoms with Gasteiger partial charge in [-0.25, -0.2) is 0 Å². The summed E-state index contributed by atoms with van der Waals surface area (Å²) in [7, 11) is 1.85. The third-order valence-electron chi connectivity index (χ3n) is 1.38. The molecule has 0 aromatic carbocycles. The van der Waals surface area contributed by atoms with Gasteiger partial charge in [0.1, 0.15) is 0 Å². The van der Waals surface area contributed by atoms with Crippen LogP contribution in [0.1, 0.15) is 12.8 Å². The lowest BCUT2D eigenvalue weighted by Crippen LogP contribution is -2.15. The highest BCUT2D eigenvalue weighted by Gasteiger charge is 2.03. The first kappa shape index (κ1) is 10.0. The number of nitrogens with one attached hydrogen (secondary N) is 2. The summed E-state index contributed by atoms with van der Waals surface area (Å²) in [5.41, 5.74) is 0. The summed E-state index contributed by atoms with van der Waals surface area (Å²) in [4.78, 5) is 11.2. The fourth-order valence-electron chi connectivity index (χ4n) is 0.789. The molecule has 7 heteroatoms. The number of carbonyl (C=O) groups excluding carboxylic acids is 1. The van der Waals surface area contributed by atoms with Crippen molar-refractivity contribution in [2.45, 2.75) is 12.8 Å². The topological polar surface area (TPSA) is 79.8 Å². The first-order valence-corrected chi connectivity index (χ1v) is 4.69. The van der Waals surface area contributed by atoms with Gasteiger partial charge in [0.05, 0.1) is 0 Å². The molecule has 72 valence electrons. The quantitative estimate of drug-likeness (QED) is 0.649. The molecular weight excluding hydrogens is 190 g/mol. The Kier molecular flexibility index (Phi) is 4.27. The number of nitrogens with zero attached hydrogens (tertiary/aromatic N) is 3. The molecule has 13 heavy (non-hydrogen) atoms. The van der Waals surface area contributed by atoms with E-state index < -0.39 is 0 Å². The molecular formula is C6H11N5OS. The van der Waals surface area contributed by atoms with E-state index in [-0.39, 0.29) is 5.91 Å². The summed E-state index contributed by atoms with van der Waals surface area (Å²) in [6.45, 7) is 0.835. The van der Waals surface area contributed by atoms with Gasteiger partial charge in [-0.3, -0.25) is 10.1 Å². The third kappa shape index (κ3) is 3.90. The monoisotopic (exact) mass is 201 g/mol. The molecule has 1 aromatic heterocycles. The molecule has 1 heterocycles. The van der Waals surface area contributed by atoms with E-state index in [1.807, 2.05) is 7.05 Å². The molecule has 0 radical (unpaired) electrons. The van der Waals surface area contributed by atoms with Gasteiger partial charge in [-0.05, 0) is 25.2 Å². The maximum Gasteiger partial charge on any atom is 0.231 e. The molecule has 6 nitrogen and oxygen atoms in total. The predicted molar refractivity (Wildman–Crippen MR) is 49.5 cm³/mol. The zero-order valence-electron chi connectivity index (χ0n) is 7.28. The van der Waals surface area contributed by atoms with Gasteiger partial charge in [0.2, 0.25) is 11.0 Å². The van der Waals surface area contributed by atoms with Gasteiger partial charge in [0, 0.05) is 18.0 Å². The Morgan fingerprint density at radius 1 is 1.62 bits per heavy atom. The van der Waals surface area contributed by atoms with Crippen LogP contribution in [0.2, 0.25) is 0 Å². The molecule has 0 spiro atoms. The van der Waals surface area contributed by atoms with Gasteiger partial charge >= 0.3 is 0 Å². The highest BCUT2D eigenvalue weighted by molar-refractivity contribution is 7.09. The molecule has 0 fully saturated rings. The number of amides is 1. The van der Waals surface area contributed by atoms with E-state index in [0.29, 0.717) is 11.6 Å². The fraction of sp³-hybridized carbons (Fsp3) is 0.667. The second kappa shape index (κ2) is 5.55. The van der Waals surface area contributed by atoms with Crippen LogP contribution in [-0.2, 0) is 4.79 Å². The van der Waals surface area contributed by atoms with E-state index in [1.54, 1.807) is 0 Å². The maximum absolute atomic E-state index is 11.2. The van der Waals surface area contributed by atoms with Crippen LogP contribution < -0.4 is 10.6 Å². The Hall–Kier alpha value is -1.08. The highest BCUT2D eigenvalue weighted by Crippen LogP contribution is 2.05. The molecule has 0 aliphatic rings. The molecule has 0 aliphatic carbocycles. The van der Waals surface area contributed by atoms with Crippen LogP contribution in [-0.4, -0.2) is 34.3 Å². The Morgan fingerprint density at radius 3 is 3.08 bits per heavy atom. The van der Waals surface area contributed by atoms with Crippen LogP contribution in [0.25, 0.3) is 0 Å². The summed E-state index contributed by atoms with van der Waals surface area (Å²) in [6, 6.07) is 0. The van der Waals surface area contributed by atoms with Crippen molar-refractivity contribution in [3.05, 3.63) is 0 Å². The van der Waals surface area contributed by atoms with Crippen molar-refractivity contribution >= 4 is 22.6 Å². The summed E-state index contributed by atoms with van der Waals surface area (Å²) >= 11 is 1.07. The van der Waals surface area contributed by atoms with E-state index in [0.717, 1.165) is 24.5 Å². The SMILES string of the molecule is CNCCCC(=O)Nc1nnns1. The molecule has 1 aromatic rings. The summed E-state index contributed by atoms with van der Waals surface area (Å²) in [5, 5.41) is 13.0. The van der Waals surface area contributed by atoms with Gasteiger partial charge < -0.3 is 5.32 Å². The molecule has 0 atom stereocenters. The lowest BCUT2D eigenvalue weighted by atomic mass is 10.3. The standard InChI is InChI=1S/C6H11N5OS/c1-7-4-2-3-5(12)8-6-9-10-11-13-6/h7H,2-4H2,1H3,(H,8,9,11,12). The smallest absolute Gasteiger partial charge is 0.231 e. The molecule has 1 rings (SSSR count). The van der Waals surface area contributed by atoms with E-state index in [4.69, 9.17) is 0 Å². The van der Waals surface area contributed by atoms with Crippen LogP contribution in [0.5, 0.6) is 0 Å². The zero-order chi connectivity index (χ0) is 9.52. The third-order valence-corrected chi connectivity index (χ3v) is 1.89. The van der Waals surface area contributed by atoms with Crippen LogP contribution in [0.3, 0.4) is 0 Å². The largest absolute Gasteiger partial charge is 0.320 e. The van der Waals surface area contributed by atoms with Crippen molar-refractivity contribution < 1.29 is 4.79 Å². The summed E-state index contributed by atoms with van der Waals surface area (Å²) < 4.78 is 3.53. The van der Waals surface area contributed by atoms with Crippen molar-refractivity contribution in [1.82, 2.24) is 20.1 Å². The van der Waals surface area contributed by atoms with E-state index >= 15 is 0 Å². The molecule has 0 saturated heterocycles. The molecule has 2 N–H and O–H groups in total. The molecule has 0 saturated carbocycles. The summed E-state index contributed by atoms with van der Waals surface area (Å²) in [6.07, 6.45) is 1.30. The lowest BCUT2D eigenvalue weighted by molar-refractivity contribution is -0.116. The predicted octanol–water partition coefficient (Wildman–Crippen LogP) is -0.129. The van der Waals surface area contributed by atoms with Crippen LogP contribution in [0.4, 0.5) is 5.13 Å². The molecule has 0 aliphatic heterocycles. The van der Waals surface area contributed by atoms with Crippen molar-refractivity contribution in [3.8, 4) is 0 Å². The zero-order valence-corrected chi connectivity index (χ0v) is 8.10. The van der Waals surface area contributed by atoms with Gasteiger partial charge in [-0.2, -0.15) is 0 Å². The van der Waals surface area contributed by atoms with Crippen molar-refractivity contribution in [3.63, 3.8) is 0 Å². The Balaban J connectivity index is 2.18. The lowest BCUT2D eigenvalue weighted by Gasteiger charge is -1.99.